The Labute approximate surface area is 154 Å². The van der Waals surface area contributed by atoms with Crippen LogP contribution in [0.25, 0.3) is 0 Å². The average molecular weight is 372 g/mol. The summed E-state index contributed by atoms with van der Waals surface area (Å²) >= 11 is 0. The van der Waals surface area contributed by atoms with Gasteiger partial charge >= 0.3 is 0 Å². The van der Waals surface area contributed by atoms with Crippen molar-refractivity contribution in [2.24, 2.45) is 0 Å². The number of anilines is 1. The second-order valence-electron chi connectivity index (χ2n) is 5.51. The van der Waals surface area contributed by atoms with Gasteiger partial charge in [0.2, 0.25) is 11.8 Å². The van der Waals surface area contributed by atoms with Gasteiger partial charge in [-0.1, -0.05) is 0 Å². The number of amides is 2. The predicted octanol–water partition coefficient (Wildman–Crippen LogP) is 1.28. The van der Waals surface area contributed by atoms with E-state index in [0.717, 1.165) is 5.75 Å². The third-order valence-electron chi connectivity index (χ3n) is 3.86. The smallest absolute Gasteiger partial charge is 0.240 e. The Morgan fingerprint density at radius 2 is 2.08 bits per heavy atom. The van der Waals surface area contributed by atoms with Gasteiger partial charge in [0.1, 0.15) is 5.75 Å². The first-order chi connectivity index (χ1) is 11.6. The minimum absolute atomic E-state index is 0. The van der Waals surface area contributed by atoms with E-state index in [0.29, 0.717) is 38.5 Å². The van der Waals surface area contributed by atoms with Crippen LogP contribution in [0, 0.1) is 0 Å². The number of hydrogen-bond acceptors (Lipinski definition) is 5. The van der Waals surface area contributed by atoms with Crippen molar-refractivity contribution in [1.29, 1.82) is 0 Å². The Morgan fingerprint density at radius 3 is 2.72 bits per heavy atom. The van der Waals surface area contributed by atoms with Crippen molar-refractivity contribution in [2.75, 3.05) is 45.3 Å². The molecule has 2 rings (SSSR count). The first-order valence-corrected chi connectivity index (χ1v) is 8.18. The summed E-state index contributed by atoms with van der Waals surface area (Å²) in [5.41, 5.74) is 0.678. The molecule has 0 bridgehead atoms. The Kier molecular flexibility index (Phi) is 9.26. The number of piperazine rings is 1. The van der Waals surface area contributed by atoms with Crippen LogP contribution in [0.3, 0.4) is 0 Å². The highest BCUT2D eigenvalue weighted by Crippen LogP contribution is 2.15. The zero-order valence-corrected chi connectivity index (χ0v) is 15.4. The average Bonchev–Trinajstić information content (AvgIpc) is 2.59. The fraction of sp³-hybridized carbons (Fsp3) is 0.529. The summed E-state index contributed by atoms with van der Waals surface area (Å²) in [6.07, 6.45) is 0.107. The molecule has 0 aliphatic carbocycles. The molecule has 7 nitrogen and oxygen atoms in total. The molecular formula is C17H26ClN3O4. The van der Waals surface area contributed by atoms with Crippen LogP contribution in [0.1, 0.15) is 13.3 Å². The Bertz CT molecular complexity index is 553. The number of ether oxygens (including phenoxy) is 2. The maximum atomic E-state index is 12.4. The highest BCUT2D eigenvalue weighted by Gasteiger charge is 2.29. The van der Waals surface area contributed by atoms with E-state index in [1.54, 1.807) is 36.3 Å². The maximum Gasteiger partial charge on any atom is 0.240 e. The predicted molar refractivity (Wildman–Crippen MR) is 98.4 cm³/mol. The molecule has 2 amide bonds. The van der Waals surface area contributed by atoms with Gasteiger partial charge in [0.15, 0.2) is 0 Å². The largest absolute Gasteiger partial charge is 0.497 e. The molecule has 1 atom stereocenters. The Morgan fingerprint density at radius 1 is 1.36 bits per heavy atom. The van der Waals surface area contributed by atoms with Gasteiger partial charge in [-0.05, 0) is 31.2 Å². The van der Waals surface area contributed by atoms with Crippen molar-refractivity contribution in [3.05, 3.63) is 24.3 Å². The number of nitrogens with one attached hydrogen (secondary N) is 2. The quantitative estimate of drug-likeness (QED) is 0.673. The summed E-state index contributed by atoms with van der Waals surface area (Å²) in [7, 11) is 1.59. The fourth-order valence-corrected chi connectivity index (χ4v) is 2.56. The van der Waals surface area contributed by atoms with Crippen LogP contribution in [0.5, 0.6) is 5.75 Å². The number of hydrogen-bond donors (Lipinski definition) is 2. The van der Waals surface area contributed by atoms with Crippen molar-refractivity contribution >= 4 is 29.9 Å². The molecule has 140 valence electrons. The standard InChI is InChI=1S/C17H25N3O4.ClH/c1-3-24-11-10-20-9-8-18-15(17(20)22)12-16(21)19-13-4-6-14(23-2)7-5-13;/h4-7,15,18H,3,8-12H2,1-2H3,(H,19,21);1H. The van der Waals surface area contributed by atoms with Gasteiger partial charge in [-0.25, -0.2) is 0 Å². The first kappa shape index (κ1) is 21.2. The summed E-state index contributed by atoms with van der Waals surface area (Å²) in [4.78, 5) is 26.3. The first-order valence-electron chi connectivity index (χ1n) is 8.18. The molecule has 25 heavy (non-hydrogen) atoms. The highest BCUT2D eigenvalue weighted by atomic mass is 35.5. The monoisotopic (exact) mass is 371 g/mol. The molecule has 1 unspecified atom stereocenters. The maximum absolute atomic E-state index is 12.4. The van der Waals surface area contributed by atoms with Gasteiger partial charge in [-0.15, -0.1) is 12.4 Å². The zero-order valence-electron chi connectivity index (χ0n) is 14.6. The number of methoxy groups -OCH3 is 1. The van der Waals surface area contributed by atoms with Gasteiger partial charge in [0.05, 0.1) is 26.2 Å². The summed E-state index contributed by atoms with van der Waals surface area (Å²) in [6, 6.07) is 6.59. The van der Waals surface area contributed by atoms with Gasteiger partial charge < -0.3 is 25.0 Å². The van der Waals surface area contributed by atoms with Crippen LogP contribution in [0.15, 0.2) is 24.3 Å². The fourth-order valence-electron chi connectivity index (χ4n) is 2.56. The molecule has 1 fully saturated rings. The molecule has 1 aromatic carbocycles. The molecular weight excluding hydrogens is 346 g/mol. The van der Waals surface area contributed by atoms with Crippen LogP contribution >= 0.6 is 12.4 Å². The topological polar surface area (TPSA) is 79.9 Å². The van der Waals surface area contributed by atoms with Crippen LogP contribution in [0.4, 0.5) is 5.69 Å². The number of carbonyl (C=O) groups is 2. The summed E-state index contributed by atoms with van der Waals surface area (Å²) in [5.74, 6) is 0.477. The van der Waals surface area contributed by atoms with E-state index in [1.807, 2.05) is 6.92 Å². The van der Waals surface area contributed by atoms with E-state index in [-0.39, 0.29) is 30.6 Å². The minimum Gasteiger partial charge on any atom is -0.497 e. The lowest BCUT2D eigenvalue weighted by Crippen LogP contribution is -2.56. The SMILES string of the molecule is CCOCCN1CCNC(CC(=O)Nc2ccc(OC)cc2)C1=O.Cl. The lowest BCUT2D eigenvalue weighted by molar-refractivity contribution is -0.138. The van der Waals surface area contributed by atoms with E-state index >= 15 is 0 Å². The third-order valence-corrected chi connectivity index (χ3v) is 3.86. The number of rotatable bonds is 8. The second-order valence-corrected chi connectivity index (χ2v) is 5.51. The van der Waals surface area contributed by atoms with Gasteiger partial charge in [0, 0.05) is 31.9 Å². The van der Waals surface area contributed by atoms with Crippen LogP contribution in [0.2, 0.25) is 0 Å². The molecule has 0 saturated carbocycles. The number of halogens is 1. The molecule has 8 heteroatoms. The molecule has 1 aromatic rings. The van der Waals surface area contributed by atoms with Crippen molar-refractivity contribution in [1.82, 2.24) is 10.2 Å². The zero-order chi connectivity index (χ0) is 17.4. The molecule has 2 N–H and O–H groups in total. The number of carbonyl (C=O) groups excluding carboxylic acids is 2. The third kappa shape index (κ3) is 6.53. The highest BCUT2D eigenvalue weighted by molar-refractivity contribution is 5.95. The lowest BCUT2D eigenvalue weighted by atomic mass is 10.1. The van der Waals surface area contributed by atoms with Gasteiger partial charge in [0.25, 0.3) is 0 Å². The summed E-state index contributed by atoms with van der Waals surface area (Å²) < 4.78 is 10.4. The van der Waals surface area contributed by atoms with Crippen molar-refractivity contribution in [3.63, 3.8) is 0 Å². The molecule has 1 saturated heterocycles. The molecule has 1 heterocycles. The summed E-state index contributed by atoms with van der Waals surface area (Å²) in [5, 5.41) is 5.91. The van der Waals surface area contributed by atoms with E-state index in [2.05, 4.69) is 10.6 Å². The van der Waals surface area contributed by atoms with Crippen LogP contribution < -0.4 is 15.4 Å². The van der Waals surface area contributed by atoms with Crippen molar-refractivity contribution < 1.29 is 19.1 Å². The summed E-state index contributed by atoms with van der Waals surface area (Å²) in [6.45, 7) is 4.96. The molecule has 1 aliphatic heterocycles. The normalized spacial score (nSPS) is 17.0. The number of nitrogens with zero attached hydrogens (tertiary/aromatic N) is 1. The van der Waals surface area contributed by atoms with Gasteiger partial charge in [-0.3, -0.25) is 9.59 Å². The van der Waals surface area contributed by atoms with Crippen molar-refractivity contribution in [3.8, 4) is 5.75 Å². The number of benzene rings is 1. The van der Waals surface area contributed by atoms with Crippen LogP contribution in [-0.2, 0) is 14.3 Å². The van der Waals surface area contributed by atoms with Crippen LogP contribution in [-0.4, -0.2) is 62.7 Å². The van der Waals surface area contributed by atoms with E-state index in [9.17, 15) is 9.59 Å². The molecule has 0 spiro atoms. The van der Waals surface area contributed by atoms with E-state index in [4.69, 9.17) is 9.47 Å². The lowest BCUT2D eigenvalue weighted by Gasteiger charge is -2.32. The Balaban J connectivity index is 0.00000312. The van der Waals surface area contributed by atoms with E-state index in [1.165, 1.54) is 0 Å². The molecule has 0 aromatic heterocycles. The van der Waals surface area contributed by atoms with Crippen molar-refractivity contribution in [2.45, 2.75) is 19.4 Å². The molecule has 0 radical (unpaired) electrons. The van der Waals surface area contributed by atoms with Gasteiger partial charge in [-0.2, -0.15) is 0 Å². The molecule has 1 aliphatic rings. The van der Waals surface area contributed by atoms with E-state index < -0.39 is 6.04 Å². The minimum atomic E-state index is -0.487. The Hall–Kier alpha value is -1.83. The second kappa shape index (κ2) is 10.9.